The molecule has 0 radical (unpaired) electrons. The van der Waals surface area contributed by atoms with E-state index in [4.69, 9.17) is 14.2 Å². The molecule has 6 heteroatoms. The highest BCUT2D eigenvalue weighted by molar-refractivity contribution is 5.71. The summed E-state index contributed by atoms with van der Waals surface area (Å²) in [6, 6.07) is 0. The molecule has 0 aliphatic rings. The summed E-state index contributed by atoms with van der Waals surface area (Å²) in [6.45, 7) is 6.48. The minimum atomic E-state index is -0.798. The van der Waals surface area contributed by atoms with Crippen molar-refractivity contribution >= 4 is 17.9 Å². The van der Waals surface area contributed by atoms with E-state index in [0.29, 0.717) is 19.3 Å². The number of carbonyl (C=O) groups is 3. The van der Waals surface area contributed by atoms with E-state index in [1.165, 1.54) is 141 Å². The number of carbonyl (C=O) groups excluding carboxylic acids is 3. The first-order valence-corrected chi connectivity index (χ1v) is 27.4. The molecule has 65 heavy (non-hydrogen) atoms. The Morgan fingerprint density at radius 1 is 0.323 bits per heavy atom. The van der Waals surface area contributed by atoms with Crippen LogP contribution in [0.3, 0.4) is 0 Å². The number of hydrogen-bond donors (Lipinski definition) is 0. The van der Waals surface area contributed by atoms with E-state index in [2.05, 4.69) is 93.7 Å². The Kier molecular flexibility index (Phi) is 50.9. The zero-order valence-corrected chi connectivity index (χ0v) is 42.7. The lowest BCUT2D eigenvalue weighted by Gasteiger charge is -2.18. The van der Waals surface area contributed by atoms with Gasteiger partial charge >= 0.3 is 17.9 Å². The highest BCUT2D eigenvalue weighted by Gasteiger charge is 2.19. The lowest BCUT2D eigenvalue weighted by Crippen LogP contribution is -2.30. The van der Waals surface area contributed by atoms with Crippen molar-refractivity contribution in [1.82, 2.24) is 0 Å². The van der Waals surface area contributed by atoms with E-state index < -0.39 is 6.10 Å². The Morgan fingerprint density at radius 3 is 1.03 bits per heavy atom. The normalized spacial score (nSPS) is 12.6. The van der Waals surface area contributed by atoms with E-state index in [1.807, 2.05) is 0 Å². The van der Waals surface area contributed by atoms with Crippen LogP contribution in [0.15, 0.2) is 72.9 Å². The summed E-state index contributed by atoms with van der Waals surface area (Å²) in [4.78, 5) is 38.1. The smallest absolute Gasteiger partial charge is 0.306 e. The fourth-order valence-corrected chi connectivity index (χ4v) is 7.59. The maximum Gasteiger partial charge on any atom is 0.306 e. The van der Waals surface area contributed by atoms with E-state index in [-0.39, 0.29) is 37.5 Å². The second-order valence-electron chi connectivity index (χ2n) is 18.1. The van der Waals surface area contributed by atoms with Crippen molar-refractivity contribution in [3.63, 3.8) is 0 Å². The second-order valence-corrected chi connectivity index (χ2v) is 18.1. The molecule has 1 atom stereocenters. The fraction of sp³-hybridized carbons (Fsp3) is 0.746. The van der Waals surface area contributed by atoms with E-state index in [1.54, 1.807) is 0 Å². The SMILES string of the molecule is CC/C=C/C/C=C/C/C=C/C/C=C/C/C=C/CCCC(=O)OC[C@@H](COC(=O)CCCCCCCCCCCCCCCCC)OC(=O)CCCCCCCCC/C=C/CCCCCC. The lowest BCUT2D eigenvalue weighted by atomic mass is 10.0. The average Bonchev–Trinajstić information content (AvgIpc) is 3.30. The van der Waals surface area contributed by atoms with Crippen molar-refractivity contribution in [2.75, 3.05) is 13.2 Å². The Hall–Kier alpha value is -3.15. The predicted molar refractivity (Wildman–Crippen MR) is 279 cm³/mol. The average molecular weight is 907 g/mol. The summed E-state index contributed by atoms with van der Waals surface area (Å²) in [6.07, 6.45) is 67.5. The van der Waals surface area contributed by atoms with Crippen molar-refractivity contribution in [3.8, 4) is 0 Å². The number of allylic oxidation sites excluding steroid dienone is 12. The summed E-state index contributed by atoms with van der Waals surface area (Å²) < 4.78 is 16.8. The van der Waals surface area contributed by atoms with Crippen molar-refractivity contribution in [3.05, 3.63) is 72.9 Å². The van der Waals surface area contributed by atoms with Gasteiger partial charge in [0.1, 0.15) is 13.2 Å². The van der Waals surface area contributed by atoms with Crippen LogP contribution in [0.1, 0.15) is 265 Å². The lowest BCUT2D eigenvalue weighted by molar-refractivity contribution is -0.167. The van der Waals surface area contributed by atoms with Gasteiger partial charge in [0.05, 0.1) is 0 Å². The molecular formula is C59H102O6. The highest BCUT2D eigenvalue weighted by atomic mass is 16.6. The largest absolute Gasteiger partial charge is 0.462 e. The van der Waals surface area contributed by atoms with Gasteiger partial charge in [-0.2, -0.15) is 0 Å². The molecule has 0 heterocycles. The molecule has 0 saturated carbocycles. The first-order valence-electron chi connectivity index (χ1n) is 27.4. The Bertz CT molecular complexity index is 1230. The molecule has 0 aromatic carbocycles. The topological polar surface area (TPSA) is 78.9 Å². The van der Waals surface area contributed by atoms with Gasteiger partial charge in [0.25, 0.3) is 0 Å². The third-order valence-electron chi connectivity index (χ3n) is 11.7. The number of hydrogen-bond acceptors (Lipinski definition) is 6. The first kappa shape index (κ1) is 61.9. The summed E-state index contributed by atoms with van der Waals surface area (Å²) in [7, 11) is 0. The molecule has 0 aliphatic heterocycles. The predicted octanol–water partition coefficient (Wildman–Crippen LogP) is 18.2. The molecule has 374 valence electrons. The zero-order valence-electron chi connectivity index (χ0n) is 42.7. The molecule has 6 nitrogen and oxygen atoms in total. The van der Waals surface area contributed by atoms with E-state index in [9.17, 15) is 14.4 Å². The van der Waals surface area contributed by atoms with Crippen LogP contribution in [0.25, 0.3) is 0 Å². The van der Waals surface area contributed by atoms with Crippen LogP contribution in [-0.4, -0.2) is 37.2 Å². The standard InChI is InChI=1S/C59H102O6/c1-4-7-10-13-16-19-22-25-28-29-32-34-37-40-43-46-49-52-58(61)64-55-56(65-59(62)53-50-47-44-41-38-35-31-27-24-21-18-15-12-9-6-3)54-63-57(60)51-48-45-42-39-36-33-30-26-23-20-17-14-11-8-5-2/h7,10,16,19,21,24-25,28,32,34,40,43,56H,4-6,8-9,11-15,17-18,20,22-23,26-27,29-31,33,35-39,41-42,44-55H2,1-3H3/b10-7+,19-16+,24-21+,28-25+,34-32+,43-40+/t56-/m1/s1. The maximum atomic E-state index is 12.8. The van der Waals surface area contributed by atoms with Crippen LogP contribution < -0.4 is 0 Å². The number of unbranched alkanes of at least 4 members (excludes halogenated alkanes) is 26. The van der Waals surface area contributed by atoms with Gasteiger partial charge in [-0.25, -0.2) is 0 Å². The molecule has 0 amide bonds. The zero-order chi connectivity index (χ0) is 47.2. The third kappa shape index (κ3) is 51.7. The van der Waals surface area contributed by atoms with Gasteiger partial charge in [-0.3, -0.25) is 14.4 Å². The Morgan fingerprint density at radius 2 is 0.615 bits per heavy atom. The minimum absolute atomic E-state index is 0.0926. The van der Waals surface area contributed by atoms with Gasteiger partial charge in [-0.15, -0.1) is 0 Å². The molecule has 0 unspecified atom stereocenters. The van der Waals surface area contributed by atoms with E-state index in [0.717, 1.165) is 77.0 Å². The summed E-state index contributed by atoms with van der Waals surface area (Å²) in [5.74, 6) is -0.951. The Labute approximate surface area is 402 Å². The molecule has 0 rings (SSSR count). The van der Waals surface area contributed by atoms with E-state index >= 15 is 0 Å². The van der Waals surface area contributed by atoms with Crippen molar-refractivity contribution < 1.29 is 28.6 Å². The number of ether oxygens (including phenoxy) is 3. The maximum absolute atomic E-state index is 12.8. The quantitative estimate of drug-likeness (QED) is 0.0262. The first-order chi connectivity index (χ1) is 32.0. The molecule has 0 spiro atoms. The van der Waals surface area contributed by atoms with Crippen LogP contribution >= 0.6 is 0 Å². The van der Waals surface area contributed by atoms with Gasteiger partial charge in [-0.1, -0.05) is 235 Å². The van der Waals surface area contributed by atoms with Gasteiger partial charge in [0.2, 0.25) is 0 Å². The van der Waals surface area contributed by atoms with Crippen LogP contribution in [0.5, 0.6) is 0 Å². The van der Waals surface area contributed by atoms with Crippen LogP contribution in [0.4, 0.5) is 0 Å². The molecule has 0 N–H and O–H groups in total. The van der Waals surface area contributed by atoms with Crippen LogP contribution in [0, 0.1) is 0 Å². The fourth-order valence-electron chi connectivity index (χ4n) is 7.59. The molecule has 0 fully saturated rings. The van der Waals surface area contributed by atoms with Crippen LogP contribution in [0.2, 0.25) is 0 Å². The Balaban J connectivity index is 4.46. The van der Waals surface area contributed by atoms with Gasteiger partial charge in [0, 0.05) is 19.3 Å². The summed E-state index contributed by atoms with van der Waals surface area (Å²) in [5.41, 5.74) is 0. The van der Waals surface area contributed by atoms with Gasteiger partial charge in [-0.05, 0) is 83.5 Å². The minimum Gasteiger partial charge on any atom is -0.462 e. The molecule has 0 aromatic rings. The monoisotopic (exact) mass is 907 g/mol. The van der Waals surface area contributed by atoms with Crippen molar-refractivity contribution in [2.24, 2.45) is 0 Å². The molecule has 0 saturated heterocycles. The molecular weight excluding hydrogens is 805 g/mol. The second kappa shape index (κ2) is 53.5. The van der Waals surface area contributed by atoms with Gasteiger partial charge < -0.3 is 14.2 Å². The number of rotatable bonds is 49. The molecule has 0 aliphatic carbocycles. The highest BCUT2D eigenvalue weighted by Crippen LogP contribution is 2.15. The van der Waals surface area contributed by atoms with Gasteiger partial charge in [0.15, 0.2) is 6.10 Å². The third-order valence-corrected chi connectivity index (χ3v) is 11.7. The van der Waals surface area contributed by atoms with Crippen molar-refractivity contribution in [1.29, 1.82) is 0 Å². The molecule has 0 aromatic heterocycles. The number of esters is 3. The van der Waals surface area contributed by atoms with Crippen molar-refractivity contribution in [2.45, 2.75) is 271 Å². The summed E-state index contributed by atoms with van der Waals surface area (Å²) >= 11 is 0. The molecule has 0 bridgehead atoms. The van der Waals surface area contributed by atoms with Crippen LogP contribution in [-0.2, 0) is 28.6 Å². The summed E-state index contributed by atoms with van der Waals surface area (Å²) in [5, 5.41) is 0.